The number of H-pyrrole nitrogens is 1. The highest BCUT2D eigenvalue weighted by atomic mass is 127. The van der Waals surface area contributed by atoms with E-state index < -0.39 is 0 Å². The maximum absolute atomic E-state index is 4.70. The second-order valence-electron chi connectivity index (χ2n) is 6.95. The number of aromatic nitrogens is 4. The van der Waals surface area contributed by atoms with E-state index in [9.17, 15) is 0 Å². The van der Waals surface area contributed by atoms with Gasteiger partial charge in [0.25, 0.3) is 0 Å². The van der Waals surface area contributed by atoms with Crippen molar-refractivity contribution in [3.8, 4) is 0 Å². The van der Waals surface area contributed by atoms with E-state index in [1.165, 1.54) is 16.5 Å². The van der Waals surface area contributed by atoms with Crippen LogP contribution < -0.4 is 10.6 Å². The minimum Gasteiger partial charge on any atom is -0.361 e. The summed E-state index contributed by atoms with van der Waals surface area (Å²) in [5, 5.41) is 16.5. The third kappa shape index (κ3) is 5.29. The number of rotatable bonds is 8. The molecule has 0 amide bonds. The first-order chi connectivity index (χ1) is 14.3. The van der Waals surface area contributed by atoms with Gasteiger partial charge in [0.2, 0.25) is 0 Å². The second-order valence-corrected chi connectivity index (χ2v) is 6.95. The maximum Gasteiger partial charge on any atom is 0.191 e. The molecule has 1 aromatic carbocycles. The monoisotopic (exact) mass is 517 g/mol. The van der Waals surface area contributed by atoms with E-state index in [4.69, 9.17) is 4.99 Å². The molecule has 0 saturated carbocycles. The van der Waals surface area contributed by atoms with Crippen molar-refractivity contribution in [3.05, 3.63) is 66.2 Å². The molecule has 7 nitrogen and oxygen atoms in total. The molecule has 4 aromatic rings. The van der Waals surface area contributed by atoms with Crippen molar-refractivity contribution in [2.24, 2.45) is 4.99 Å². The van der Waals surface area contributed by atoms with Crippen molar-refractivity contribution in [1.82, 2.24) is 30.2 Å². The van der Waals surface area contributed by atoms with Gasteiger partial charge in [0.15, 0.2) is 11.6 Å². The lowest BCUT2D eigenvalue weighted by molar-refractivity contribution is 0.750. The second kappa shape index (κ2) is 11.0. The number of benzene rings is 1. The Bertz CT molecular complexity index is 1100. The van der Waals surface area contributed by atoms with Gasteiger partial charge >= 0.3 is 0 Å². The Morgan fingerprint density at radius 3 is 2.83 bits per heavy atom. The first kappa shape index (κ1) is 22.1. The van der Waals surface area contributed by atoms with Crippen molar-refractivity contribution in [2.45, 2.75) is 26.2 Å². The van der Waals surface area contributed by atoms with Gasteiger partial charge < -0.3 is 15.6 Å². The number of hydrogen-bond acceptors (Lipinski definition) is 3. The van der Waals surface area contributed by atoms with Gasteiger partial charge in [0.1, 0.15) is 5.82 Å². The van der Waals surface area contributed by atoms with Crippen LogP contribution in [0.15, 0.2) is 59.9 Å². The van der Waals surface area contributed by atoms with E-state index in [1.807, 2.05) is 28.8 Å². The summed E-state index contributed by atoms with van der Waals surface area (Å²) in [5.41, 5.74) is 3.39. The Morgan fingerprint density at radius 2 is 1.93 bits per heavy atom. The minimum absolute atomic E-state index is 0. The number of pyridine rings is 1. The number of aromatic amines is 1. The van der Waals surface area contributed by atoms with Crippen molar-refractivity contribution in [1.29, 1.82) is 0 Å². The normalized spacial score (nSPS) is 11.6. The van der Waals surface area contributed by atoms with Gasteiger partial charge in [-0.25, -0.2) is 0 Å². The summed E-state index contributed by atoms with van der Waals surface area (Å²) in [6.07, 6.45) is 6.82. The number of hydrogen-bond donors (Lipinski definition) is 3. The zero-order valence-electron chi connectivity index (χ0n) is 17.1. The molecular formula is C22H28IN7. The lowest BCUT2D eigenvalue weighted by Crippen LogP contribution is -2.38. The van der Waals surface area contributed by atoms with Crippen LogP contribution in [0, 0.1) is 0 Å². The molecule has 0 spiro atoms. The van der Waals surface area contributed by atoms with Crippen LogP contribution in [0.2, 0.25) is 0 Å². The molecule has 0 saturated heterocycles. The molecule has 0 aliphatic carbocycles. The number of aryl methyl sites for hydroxylation is 1. The Balaban J connectivity index is 0.00000256. The van der Waals surface area contributed by atoms with Crippen molar-refractivity contribution >= 4 is 46.5 Å². The van der Waals surface area contributed by atoms with E-state index in [-0.39, 0.29) is 24.0 Å². The highest BCUT2D eigenvalue weighted by Gasteiger charge is 2.05. The first-order valence-electron chi connectivity index (χ1n) is 10.2. The third-order valence-corrected chi connectivity index (χ3v) is 4.92. The molecule has 0 radical (unpaired) electrons. The lowest BCUT2D eigenvalue weighted by Gasteiger charge is -2.11. The molecule has 0 aliphatic heterocycles. The highest BCUT2D eigenvalue weighted by molar-refractivity contribution is 14.0. The number of fused-ring (bicyclic) bond motifs is 2. The number of halogens is 1. The standard InChI is InChI=1S/C22H27N7.HI/c1-2-23-22(25-14-12-17-16-26-19-9-4-3-8-18(17)19)24-13-7-11-21-28-27-20-10-5-6-15-29(20)21;/h3-6,8-10,15-16,26H,2,7,11-14H2,1H3,(H2,23,24,25);1H. The number of nitrogens with one attached hydrogen (secondary N) is 3. The van der Waals surface area contributed by atoms with Gasteiger partial charge in [-0.1, -0.05) is 24.3 Å². The molecule has 0 unspecified atom stereocenters. The van der Waals surface area contributed by atoms with Gasteiger partial charge in [0, 0.05) is 49.4 Å². The summed E-state index contributed by atoms with van der Waals surface area (Å²) in [4.78, 5) is 8.04. The van der Waals surface area contributed by atoms with Crippen LogP contribution in [0.3, 0.4) is 0 Å². The molecule has 3 N–H and O–H groups in total. The van der Waals surface area contributed by atoms with E-state index in [0.29, 0.717) is 0 Å². The molecule has 30 heavy (non-hydrogen) atoms. The Morgan fingerprint density at radius 1 is 1.07 bits per heavy atom. The topological polar surface area (TPSA) is 82.4 Å². The van der Waals surface area contributed by atoms with Crippen LogP contribution in [0.25, 0.3) is 16.6 Å². The zero-order valence-corrected chi connectivity index (χ0v) is 19.5. The van der Waals surface area contributed by atoms with Crippen molar-refractivity contribution in [2.75, 3.05) is 19.6 Å². The molecule has 0 atom stereocenters. The van der Waals surface area contributed by atoms with Gasteiger partial charge in [-0.3, -0.25) is 9.39 Å². The summed E-state index contributed by atoms with van der Waals surface area (Å²) in [6, 6.07) is 14.3. The molecule has 4 rings (SSSR count). The molecule has 0 aliphatic rings. The van der Waals surface area contributed by atoms with E-state index in [1.54, 1.807) is 0 Å². The number of guanidine groups is 1. The van der Waals surface area contributed by atoms with E-state index >= 15 is 0 Å². The summed E-state index contributed by atoms with van der Waals surface area (Å²) in [6.45, 7) is 4.50. The van der Waals surface area contributed by atoms with Crippen LogP contribution in [0.1, 0.15) is 24.7 Å². The molecule has 158 valence electrons. The van der Waals surface area contributed by atoms with E-state index in [2.05, 4.69) is 63.2 Å². The van der Waals surface area contributed by atoms with Crippen LogP contribution in [-0.2, 0) is 12.8 Å². The summed E-state index contributed by atoms with van der Waals surface area (Å²) >= 11 is 0. The van der Waals surface area contributed by atoms with Crippen molar-refractivity contribution < 1.29 is 0 Å². The summed E-state index contributed by atoms with van der Waals surface area (Å²) in [5.74, 6) is 1.84. The fraction of sp³-hybridized carbons (Fsp3) is 0.318. The predicted octanol–water partition coefficient (Wildman–Crippen LogP) is 3.56. The van der Waals surface area contributed by atoms with Crippen molar-refractivity contribution in [3.63, 3.8) is 0 Å². The molecule has 3 heterocycles. The van der Waals surface area contributed by atoms with Gasteiger partial charge in [0.05, 0.1) is 0 Å². The summed E-state index contributed by atoms with van der Waals surface area (Å²) < 4.78 is 2.04. The summed E-state index contributed by atoms with van der Waals surface area (Å²) in [7, 11) is 0. The molecule has 3 aromatic heterocycles. The van der Waals surface area contributed by atoms with Crippen LogP contribution >= 0.6 is 24.0 Å². The maximum atomic E-state index is 4.70. The molecule has 0 fully saturated rings. The number of nitrogens with zero attached hydrogens (tertiary/aromatic N) is 4. The Labute approximate surface area is 193 Å². The minimum atomic E-state index is 0. The first-order valence-corrected chi connectivity index (χ1v) is 10.2. The average molecular weight is 517 g/mol. The molecule has 8 heteroatoms. The van der Waals surface area contributed by atoms with Gasteiger partial charge in [-0.15, -0.1) is 34.2 Å². The van der Waals surface area contributed by atoms with E-state index in [0.717, 1.165) is 56.3 Å². The van der Waals surface area contributed by atoms with Crippen LogP contribution in [-0.4, -0.2) is 45.2 Å². The van der Waals surface area contributed by atoms with Crippen LogP contribution in [0.5, 0.6) is 0 Å². The van der Waals surface area contributed by atoms with Gasteiger partial charge in [-0.2, -0.15) is 0 Å². The highest BCUT2D eigenvalue weighted by Crippen LogP contribution is 2.17. The third-order valence-electron chi connectivity index (χ3n) is 4.92. The molecule has 0 bridgehead atoms. The molecular weight excluding hydrogens is 489 g/mol. The SMILES string of the molecule is CCNC(=NCCCc1nnc2ccccn12)NCCc1c[nH]c2ccccc12.I. The zero-order chi connectivity index (χ0) is 19.9. The number of aliphatic imine (C=N–C) groups is 1. The number of para-hydroxylation sites is 1. The predicted molar refractivity (Wildman–Crippen MR) is 133 cm³/mol. The average Bonchev–Trinajstić information content (AvgIpc) is 3.35. The lowest BCUT2D eigenvalue weighted by atomic mass is 10.1. The Hall–Kier alpha value is -2.62. The van der Waals surface area contributed by atoms with Gasteiger partial charge in [-0.05, 0) is 43.5 Å². The smallest absolute Gasteiger partial charge is 0.191 e. The van der Waals surface area contributed by atoms with Crippen LogP contribution in [0.4, 0.5) is 0 Å². The fourth-order valence-electron chi connectivity index (χ4n) is 3.49. The largest absolute Gasteiger partial charge is 0.361 e. The Kier molecular flexibility index (Phi) is 8.06. The quantitative estimate of drug-likeness (QED) is 0.145. The fourth-order valence-corrected chi connectivity index (χ4v) is 3.49.